The Morgan fingerprint density at radius 3 is 2.96 bits per heavy atom. The molecule has 2 heterocycles. The van der Waals surface area contributed by atoms with E-state index in [-0.39, 0.29) is 19.1 Å². The minimum Gasteiger partial charge on any atom is -0.454 e. The van der Waals surface area contributed by atoms with Crippen molar-refractivity contribution in [2.24, 2.45) is 0 Å². The Kier molecular flexibility index (Phi) is 4.77. The zero-order valence-electron chi connectivity index (χ0n) is 13.7. The maximum Gasteiger partial charge on any atom is 0.231 e. The number of nitrogens with zero attached hydrogens (tertiary/aromatic N) is 1. The van der Waals surface area contributed by atoms with Crippen LogP contribution < -0.4 is 14.8 Å². The van der Waals surface area contributed by atoms with Crippen LogP contribution in [0.1, 0.15) is 16.3 Å². The molecule has 0 radical (unpaired) electrons. The predicted molar refractivity (Wildman–Crippen MR) is 101 cm³/mol. The number of amides is 1. The van der Waals surface area contributed by atoms with E-state index >= 15 is 0 Å². The summed E-state index contributed by atoms with van der Waals surface area (Å²) in [5.41, 5.74) is 2.53. The highest BCUT2D eigenvalue weighted by Gasteiger charge is 2.15. The molecular weight excluding hydrogens is 372 g/mol. The fourth-order valence-corrected chi connectivity index (χ4v) is 3.72. The molecule has 0 aliphatic carbocycles. The van der Waals surface area contributed by atoms with Crippen LogP contribution in [0.3, 0.4) is 0 Å². The maximum atomic E-state index is 12.3. The van der Waals surface area contributed by atoms with Crippen LogP contribution in [0.25, 0.3) is 0 Å². The Labute approximate surface area is 159 Å². The van der Waals surface area contributed by atoms with Crippen molar-refractivity contribution in [1.82, 2.24) is 4.98 Å². The summed E-state index contributed by atoms with van der Waals surface area (Å²) in [5.74, 6) is 1.21. The Bertz CT molecular complexity index is 957. The van der Waals surface area contributed by atoms with Gasteiger partial charge in [0.2, 0.25) is 12.7 Å². The van der Waals surface area contributed by atoms with Crippen molar-refractivity contribution < 1.29 is 14.3 Å². The fraction of sp³-hybridized carbons (Fsp3) is 0.158. The summed E-state index contributed by atoms with van der Waals surface area (Å²) in [6, 6.07) is 13.0. The molecule has 0 fully saturated rings. The van der Waals surface area contributed by atoms with E-state index in [1.165, 1.54) is 0 Å². The van der Waals surface area contributed by atoms with Gasteiger partial charge in [-0.25, -0.2) is 4.98 Å². The number of hydrogen-bond donors (Lipinski definition) is 1. The van der Waals surface area contributed by atoms with Gasteiger partial charge in [-0.1, -0.05) is 23.7 Å². The summed E-state index contributed by atoms with van der Waals surface area (Å²) in [6.07, 6.45) is 0.926. The predicted octanol–water partition coefficient (Wildman–Crippen LogP) is 4.30. The summed E-state index contributed by atoms with van der Waals surface area (Å²) in [7, 11) is 0. The van der Waals surface area contributed by atoms with E-state index in [1.54, 1.807) is 29.5 Å². The van der Waals surface area contributed by atoms with Crippen molar-refractivity contribution in [3.05, 3.63) is 69.1 Å². The molecule has 0 saturated carbocycles. The SMILES string of the molecule is O=C(Cc1csc(Cc2cccc(Cl)c2)n1)Nc1ccc2c(c1)OCO2. The van der Waals surface area contributed by atoms with E-state index in [9.17, 15) is 4.79 Å². The molecular formula is C19H15ClN2O3S. The molecule has 1 aromatic heterocycles. The number of anilines is 1. The third-order valence-electron chi connectivity index (χ3n) is 3.84. The zero-order chi connectivity index (χ0) is 17.9. The first-order valence-corrected chi connectivity index (χ1v) is 9.29. The highest BCUT2D eigenvalue weighted by molar-refractivity contribution is 7.09. The average Bonchev–Trinajstić information content (AvgIpc) is 3.23. The number of carbonyl (C=O) groups is 1. The molecule has 26 heavy (non-hydrogen) atoms. The second kappa shape index (κ2) is 7.35. The first kappa shape index (κ1) is 16.9. The Hall–Kier alpha value is -2.57. The molecule has 1 amide bonds. The summed E-state index contributed by atoms with van der Waals surface area (Å²) in [6.45, 7) is 0.209. The van der Waals surface area contributed by atoms with E-state index in [0.717, 1.165) is 16.3 Å². The maximum absolute atomic E-state index is 12.3. The Morgan fingerprint density at radius 2 is 2.08 bits per heavy atom. The first-order valence-electron chi connectivity index (χ1n) is 8.03. The molecule has 0 saturated heterocycles. The topological polar surface area (TPSA) is 60.5 Å². The quantitative estimate of drug-likeness (QED) is 0.710. The van der Waals surface area contributed by atoms with Crippen LogP contribution in [0.15, 0.2) is 47.8 Å². The lowest BCUT2D eigenvalue weighted by molar-refractivity contribution is -0.115. The number of carbonyl (C=O) groups excluding carboxylic acids is 1. The molecule has 7 heteroatoms. The van der Waals surface area contributed by atoms with Crippen LogP contribution in [0, 0.1) is 0 Å². The third kappa shape index (κ3) is 3.98. The number of nitrogens with one attached hydrogen (secondary N) is 1. The minimum absolute atomic E-state index is 0.122. The number of fused-ring (bicyclic) bond motifs is 1. The van der Waals surface area contributed by atoms with Crippen molar-refractivity contribution in [2.75, 3.05) is 12.1 Å². The van der Waals surface area contributed by atoms with Crippen LogP contribution in [0.4, 0.5) is 5.69 Å². The van der Waals surface area contributed by atoms with Gasteiger partial charge in [-0.15, -0.1) is 11.3 Å². The molecule has 2 aromatic carbocycles. The van der Waals surface area contributed by atoms with Gasteiger partial charge in [-0.3, -0.25) is 4.79 Å². The number of benzene rings is 2. The number of ether oxygens (including phenoxy) is 2. The highest BCUT2D eigenvalue weighted by Crippen LogP contribution is 2.34. The van der Waals surface area contributed by atoms with Gasteiger partial charge in [-0.2, -0.15) is 0 Å². The van der Waals surface area contributed by atoms with Crippen molar-refractivity contribution >= 4 is 34.5 Å². The molecule has 0 unspecified atom stereocenters. The van der Waals surface area contributed by atoms with E-state index in [4.69, 9.17) is 21.1 Å². The largest absolute Gasteiger partial charge is 0.454 e. The molecule has 132 valence electrons. The second-order valence-corrected chi connectivity index (χ2v) is 7.21. The van der Waals surface area contributed by atoms with Gasteiger partial charge in [0.05, 0.1) is 17.1 Å². The van der Waals surface area contributed by atoms with Crippen LogP contribution >= 0.6 is 22.9 Å². The first-order chi connectivity index (χ1) is 12.7. The number of aromatic nitrogens is 1. The van der Waals surface area contributed by atoms with Gasteiger partial charge >= 0.3 is 0 Å². The molecule has 0 bridgehead atoms. The molecule has 1 aliphatic rings. The van der Waals surface area contributed by atoms with E-state index in [0.29, 0.717) is 28.6 Å². The molecule has 3 aromatic rings. The third-order valence-corrected chi connectivity index (χ3v) is 4.97. The minimum atomic E-state index is -0.122. The molecule has 0 atom stereocenters. The van der Waals surface area contributed by atoms with Gasteiger partial charge in [0, 0.05) is 28.6 Å². The molecule has 1 N–H and O–H groups in total. The summed E-state index contributed by atoms with van der Waals surface area (Å²) >= 11 is 7.55. The van der Waals surface area contributed by atoms with Gasteiger partial charge < -0.3 is 14.8 Å². The van der Waals surface area contributed by atoms with Gasteiger partial charge in [0.25, 0.3) is 0 Å². The van der Waals surface area contributed by atoms with Crippen LogP contribution in [0.2, 0.25) is 5.02 Å². The normalized spacial score (nSPS) is 12.2. The lowest BCUT2D eigenvalue weighted by Crippen LogP contribution is -2.14. The number of rotatable bonds is 5. The van der Waals surface area contributed by atoms with Crippen molar-refractivity contribution in [1.29, 1.82) is 0 Å². The Balaban J connectivity index is 1.37. The highest BCUT2D eigenvalue weighted by atomic mass is 35.5. The number of halogens is 1. The molecule has 5 nitrogen and oxygen atoms in total. The Morgan fingerprint density at radius 1 is 1.19 bits per heavy atom. The summed E-state index contributed by atoms with van der Waals surface area (Å²) in [5, 5.41) is 6.44. The standard InChI is InChI=1S/C19H15ClN2O3S/c20-13-3-1-2-12(6-13)7-19-22-15(10-26-19)9-18(23)21-14-4-5-16-17(8-14)25-11-24-16/h1-6,8,10H,7,9,11H2,(H,21,23). The van der Waals surface area contributed by atoms with Crippen LogP contribution in [0.5, 0.6) is 11.5 Å². The van der Waals surface area contributed by atoms with Gasteiger partial charge in [0.15, 0.2) is 11.5 Å². The second-order valence-electron chi connectivity index (χ2n) is 5.83. The smallest absolute Gasteiger partial charge is 0.231 e. The van der Waals surface area contributed by atoms with E-state index < -0.39 is 0 Å². The lowest BCUT2D eigenvalue weighted by Gasteiger charge is -2.05. The van der Waals surface area contributed by atoms with Crippen LogP contribution in [-0.2, 0) is 17.6 Å². The average molecular weight is 387 g/mol. The molecule has 0 spiro atoms. The molecule has 4 rings (SSSR count). The van der Waals surface area contributed by atoms with Crippen molar-refractivity contribution in [3.63, 3.8) is 0 Å². The van der Waals surface area contributed by atoms with E-state index in [2.05, 4.69) is 10.3 Å². The number of thiazole rings is 1. The molecule has 1 aliphatic heterocycles. The van der Waals surface area contributed by atoms with Crippen LogP contribution in [-0.4, -0.2) is 17.7 Å². The van der Waals surface area contributed by atoms with Crippen molar-refractivity contribution in [2.45, 2.75) is 12.8 Å². The summed E-state index contributed by atoms with van der Waals surface area (Å²) < 4.78 is 10.6. The lowest BCUT2D eigenvalue weighted by atomic mass is 10.2. The van der Waals surface area contributed by atoms with Gasteiger partial charge in [-0.05, 0) is 29.8 Å². The fourth-order valence-electron chi connectivity index (χ4n) is 2.68. The van der Waals surface area contributed by atoms with Gasteiger partial charge in [0.1, 0.15) is 0 Å². The number of hydrogen-bond acceptors (Lipinski definition) is 5. The monoisotopic (exact) mass is 386 g/mol. The zero-order valence-corrected chi connectivity index (χ0v) is 15.3. The summed E-state index contributed by atoms with van der Waals surface area (Å²) in [4.78, 5) is 16.8. The van der Waals surface area contributed by atoms with Crippen molar-refractivity contribution in [3.8, 4) is 11.5 Å². The van der Waals surface area contributed by atoms with E-state index in [1.807, 2.05) is 29.6 Å².